The van der Waals surface area contributed by atoms with E-state index in [9.17, 15) is 9.59 Å². The molecule has 2 fully saturated rings. The van der Waals surface area contributed by atoms with Crippen LogP contribution in [0.2, 0.25) is 0 Å². The van der Waals surface area contributed by atoms with Crippen LogP contribution in [-0.4, -0.2) is 16.8 Å². The van der Waals surface area contributed by atoms with E-state index in [0.717, 1.165) is 22.2 Å². The molecule has 4 nitrogen and oxygen atoms in total. The van der Waals surface area contributed by atoms with E-state index in [4.69, 9.17) is 0 Å². The maximum Gasteiger partial charge on any atom is 0.240 e. The molecule has 2 aliphatic carbocycles. The predicted molar refractivity (Wildman–Crippen MR) is 103 cm³/mol. The summed E-state index contributed by atoms with van der Waals surface area (Å²) in [5.41, 5.74) is 3.15. The molecule has 128 valence electrons. The molecule has 4 atom stereocenters. The van der Waals surface area contributed by atoms with Gasteiger partial charge in [0.1, 0.15) is 0 Å². The van der Waals surface area contributed by atoms with Gasteiger partial charge in [0.05, 0.1) is 22.1 Å². The first-order chi connectivity index (χ1) is 12.7. The van der Waals surface area contributed by atoms with Gasteiger partial charge < -0.3 is 0 Å². The fourth-order valence-corrected chi connectivity index (χ4v) is 6.39. The van der Waals surface area contributed by atoms with Gasteiger partial charge in [-0.2, -0.15) is 11.3 Å². The predicted octanol–water partition coefficient (Wildman–Crippen LogP) is 4.34. The second-order valence-corrected chi connectivity index (χ2v) is 8.99. The summed E-state index contributed by atoms with van der Waals surface area (Å²) in [6.45, 7) is 0. The average Bonchev–Trinajstić information content (AvgIpc) is 3.44. The van der Waals surface area contributed by atoms with E-state index < -0.39 is 0 Å². The number of thiophene rings is 1. The Hall–Kier alpha value is -2.31. The van der Waals surface area contributed by atoms with Gasteiger partial charge in [-0.05, 0) is 58.3 Å². The molecule has 0 spiro atoms. The van der Waals surface area contributed by atoms with E-state index in [1.165, 1.54) is 21.8 Å². The molecule has 3 heterocycles. The van der Waals surface area contributed by atoms with E-state index in [2.05, 4.69) is 40.0 Å². The van der Waals surface area contributed by atoms with Gasteiger partial charge in [0.25, 0.3) is 0 Å². The van der Waals surface area contributed by atoms with Crippen LogP contribution in [-0.2, 0) is 9.59 Å². The number of thiazole rings is 1. The Morgan fingerprint density at radius 1 is 1.00 bits per heavy atom. The van der Waals surface area contributed by atoms with Crippen LogP contribution in [0.5, 0.6) is 0 Å². The molecular weight excluding hydrogens is 364 g/mol. The standard InChI is InChI=1S/C20H14N2O2S2/c23-18-16-11-1-2-12(7-11)17(16)19(24)22(18)20-21-14-4-3-10(8-15(14)26-20)13-5-6-25-9-13/h1-6,8-9,11-12,16-17H,7H2/t11-,12+,16-,17+. The molecule has 3 aliphatic rings. The number of aromatic nitrogens is 1. The molecular formula is C20H14N2O2S2. The minimum Gasteiger partial charge on any atom is -0.274 e. The zero-order valence-corrected chi connectivity index (χ0v) is 15.3. The molecule has 0 unspecified atom stereocenters. The Morgan fingerprint density at radius 2 is 1.77 bits per heavy atom. The summed E-state index contributed by atoms with van der Waals surface area (Å²) in [5, 5.41) is 4.69. The number of nitrogens with zero attached hydrogens (tertiary/aromatic N) is 2. The smallest absolute Gasteiger partial charge is 0.240 e. The molecule has 1 saturated carbocycles. The zero-order chi connectivity index (χ0) is 17.4. The van der Waals surface area contributed by atoms with E-state index in [-0.39, 0.29) is 35.5 Å². The van der Waals surface area contributed by atoms with Crippen molar-refractivity contribution in [3.05, 3.63) is 47.2 Å². The van der Waals surface area contributed by atoms with Crippen LogP contribution in [0, 0.1) is 23.7 Å². The van der Waals surface area contributed by atoms with Gasteiger partial charge in [0, 0.05) is 0 Å². The Balaban J connectivity index is 1.41. The van der Waals surface area contributed by atoms with Crippen LogP contribution >= 0.6 is 22.7 Å². The summed E-state index contributed by atoms with van der Waals surface area (Å²) in [6.07, 6.45) is 5.18. The first-order valence-electron chi connectivity index (χ1n) is 8.70. The first kappa shape index (κ1) is 14.8. The average molecular weight is 378 g/mol. The highest BCUT2D eigenvalue weighted by molar-refractivity contribution is 7.22. The summed E-state index contributed by atoms with van der Waals surface area (Å²) < 4.78 is 1.00. The zero-order valence-electron chi connectivity index (χ0n) is 13.7. The highest BCUT2D eigenvalue weighted by atomic mass is 32.1. The fraction of sp³-hybridized carbons (Fsp3) is 0.250. The van der Waals surface area contributed by atoms with E-state index in [1.807, 2.05) is 12.1 Å². The van der Waals surface area contributed by atoms with Gasteiger partial charge in [0.15, 0.2) is 5.13 Å². The molecule has 0 radical (unpaired) electrons. The van der Waals surface area contributed by atoms with Gasteiger partial charge in [-0.25, -0.2) is 9.88 Å². The number of hydrogen-bond donors (Lipinski definition) is 0. The maximum atomic E-state index is 13.0. The Labute approximate surface area is 157 Å². The van der Waals surface area contributed by atoms with Crippen LogP contribution in [0.25, 0.3) is 21.3 Å². The highest BCUT2D eigenvalue weighted by Crippen LogP contribution is 2.53. The van der Waals surface area contributed by atoms with Crippen LogP contribution in [0.15, 0.2) is 47.2 Å². The van der Waals surface area contributed by atoms with Crippen molar-refractivity contribution in [3.8, 4) is 11.1 Å². The van der Waals surface area contributed by atoms with Crippen LogP contribution in [0.3, 0.4) is 0 Å². The van der Waals surface area contributed by atoms with Crippen molar-refractivity contribution in [2.75, 3.05) is 4.90 Å². The van der Waals surface area contributed by atoms with Gasteiger partial charge in [-0.15, -0.1) is 0 Å². The number of allylic oxidation sites excluding steroid dienone is 2. The quantitative estimate of drug-likeness (QED) is 0.492. The fourth-order valence-electron chi connectivity index (χ4n) is 4.71. The first-order valence-corrected chi connectivity index (χ1v) is 10.5. The third-order valence-corrected chi connectivity index (χ3v) is 7.58. The lowest BCUT2D eigenvalue weighted by molar-refractivity contribution is -0.123. The summed E-state index contributed by atoms with van der Waals surface area (Å²) >= 11 is 3.10. The van der Waals surface area contributed by atoms with Gasteiger partial charge >= 0.3 is 0 Å². The molecule has 1 aromatic carbocycles. The highest BCUT2D eigenvalue weighted by Gasteiger charge is 2.60. The number of rotatable bonds is 2. The molecule has 2 amide bonds. The topological polar surface area (TPSA) is 50.3 Å². The Kier molecular flexibility index (Phi) is 2.91. The Morgan fingerprint density at radius 3 is 2.46 bits per heavy atom. The maximum absolute atomic E-state index is 13.0. The normalized spacial score (nSPS) is 29.3. The molecule has 6 heteroatoms. The third-order valence-electron chi connectivity index (χ3n) is 5.89. The molecule has 0 N–H and O–H groups in total. The molecule has 3 aromatic rings. The van der Waals surface area contributed by atoms with E-state index >= 15 is 0 Å². The molecule has 2 bridgehead atoms. The van der Waals surface area contributed by atoms with Crippen molar-refractivity contribution >= 4 is 49.8 Å². The SMILES string of the molecule is O=C1[C@@H]2[C@H](C(=O)N1c1nc3ccc(-c4ccsc4)cc3s1)[C@@H]1C=C[C@H]2C1. The number of benzene rings is 1. The van der Waals surface area contributed by atoms with Gasteiger partial charge in [0.2, 0.25) is 11.8 Å². The number of amides is 2. The summed E-state index contributed by atoms with van der Waals surface area (Å²) in [7, 11) is 0. The monoisotopic (exact) mass is 378 g/mol. The lowest BCUT2D eigenvalue weighted by Gasteiger charge is -2.14. The molecule has 26 heavy (non-hydrogen) atoms. The molecule has 6 rings (SSSR count). The molecule has 1 aliphatic heterocycles. The van der Waals surface area contributed by atoms with Crippen molar-refractivity contribution in [2.24, 2.45) is 23.7 Å². The van der Waals surface area contributed by atoms with Crippen LogP contribution in [0.1, 0.15) is 6.42 Å². The summed E-state index contributed by atoms with van der Waals surface area (Å²) in [4.78, 5) is 31.9. The number of hydrogen-bond acceptors (Lipinski definition) is 5. The largest absolute Gasteiger partial charge is 0.274 e. The summed E-state index contributed by atoms with van der Waals surface area (Å²) in [5.74, 6) is -0.0169. The van der Waals surface area contributed by atoms with Crippen molar-refractivity contribution < 1.29 is 9.59 Å². The summed E-state index contributed by atoms with van der Waals surface area (Å²) in [6, 6.07) is 8.20. The molecule has 2 aromatic heterocycles. The van der Waals surface area contributed by atoms with E-state index in [0.29, 0.717) is 5.13 Å². The Bertz CT molecular complexity index is 1070. The number of carbonyl (C=O) groups is 2. The minimum absolute atomic E-state index is 0.0611. The number of anilines is 1. The third kappa shape index (κ3) is 1.86. The number of imide groups is 1. The number of fused-ring (bicyclic) bond motifs is 6. The van der Waals surface area contributed by atoms with Crippen LogP contribution in [0.4, 0.5) is 5.13 Å². The van der Waals surface area contributed by atoms with Crippen molar-refractivity contribution in [3.63, 3.8) is 0 Å². The van der Waals surface area contributed by atoms with Crippen molar-refractivity contribution in [1.82, 2.24) is 4.98 Å². The van der Waals surface area contributed by atoms with Gasteiger partial charge in [-0.1, -0.05) is 29.6 Å². The second-order valence-electron chi connectivity index (χ2n) is 7.20. The van der Waals surface area contributed by atoms with Gasteiger partial charge in [-0.3, -0.25) is 9.59 Å². The second kappa shape index (κ2) is 5.11. The lowest BCUT2D eigenvalue weighted by atomic mass is 9.85. The lowest BCUT2D eigenvalue weighted by Crippen LogP contribution is -2.32. The minimum atomic E-state index is -0.175. The van der Waals surface area contributed by atoms with E-state index in [1.54, 1.807) is 11.3 Å². The van der Waals surface area contributed by atoms with Crippen molar-refractivity contribution in [2.45, 2.75) is 6.42 Å². The number of carbonyl (C=O) groups excluding carboxylic acids is 2. The van der Waals surface area contributed by atoms with Crippen LogP contribution < -0.4 is 4.90 Å². The molecule has 1 saturated heterocycles. The van der Waals surface area contributed by atoms with Crippen molar-refractivity contribution in [1.29, 1.82) is 0 Å².